The average molecular weight is 299 g/mol. The van der Waals surface area contributed by atoms with Crippen LogP contribution in [0.1, 0.15) is 34.5 Å². The summed E-state index contributed by atoms with van der Waals surface area (Å²) in [6.45, 7) is 1.96. The van der Waals surface area contributed by atoms with Crippen molar-refractivity contribution in [1.82, 2.24) is 4.90 Å². The Morgan fingerprint density at radius 1 is 1.14 bits per heavy atom. The van der Waals surface area contributed by atoms with Crippen LogP contribution in [0.3, 0.4) is 0 Å². The van der Waals surface area contributed by atoms with Crippen molar-refractivity contribution in [3.63, 3.8) is 0 Å². The van der Waals surface area contributed by atoms with E-state index in [4.69, 9.17) is 16.9 Å². The normalized spacial score (nSPS) is 11.5. The van der Waals surface area contributed by atoms with Crippen LogP contribution in [0.15, 0.2) is 48.5 Å². The van der Waals surface area contributed by atoms with E-state index in [0.717, 1.165) is 5.56 Å². The summed E-state index contributed by atoms with van der Waals surface area (Å²) in [5.41, 5.74) is 2.13. The zero-order chi connectivity index (χ0) is 15.4. The van der Waals surface area contributed by atoms with Crippen LogP contribution >= 0.6 is 11.6 Å². The topological polar surface area (TPSA) is 44.1 Å². The zero-order valence-electron chi connectivity index (χ0n) is 11.9. The quantitative estimate of drug-likeness (QED) is 0.858. The molecule has 0 spiro atoms. The minimum atomic E-state index is -0.0815. The Hall–Kier alpha value is -2.31. The second-order valence-corrected chi connectivity index (χ2v) is 5.27. The van der Waals surface area contributed by atoms with E-state index in [9.17, 15) is 4.79 Å². The molecule has 0 fully saturated rings. The summed E-state index contributed by atoms with van der Waals surface area (Å²) in [5, 5.41) is 9.45. The van der Waals surface area contributed by atoms with Gasteiger partial charge >= 0.3 is 0 Å². The van der Waals surface area contributed by atoms with Crippen molar-refractivity contribution in [3.05, 3.63) is 70.2 Å². The minimum Gasteiger partial charge on any atom is -0.335 e. The van der Waals surface area contributed by atoms with E-state index < -0.39 is 0 Å². The van der Waals surface area contributed by atoms with Gasteiger partial charge in [-0.3, -0.25) is 4.79 Å². The molecule has 0 aromatic heterocycles. The third kappa shape index (κ3) is 3.42. The van der Waals surface area contributed by atoms with E-state index in [1.807, 2.05) is 37.3 Å². The van der Waals surface area contributed by atoms with Gasteiger partial charge in [-0.15, -0.1) is 0 Å². The molecule has 0 radical (unpaired) electrons. The van der Waals surface area contributed by atoms with Crippen molar-refractivity contribution in [2.75, 3.05) is 7.05 Å². The van der Waals surface area contributed by atoms with E-state index in [1.165, 1.54) is 0 Å². The second-order valence-electron chi connectivity index (χ2n) is 4.83. The standard InChI is InChI=1S/C17H15ClN2O/c1-12(14-7-9-16(18)10-8-14)20(2)17(21)15-5-3-13(11-19)4-6-15/h3-10,12H,1-2H3. The summed E-state index contributed by atoms with van der Waals surface area (Å²) in [5.74, 6) is -0.0815. The van der Waals surface area contributed by atoms with Crippen molar-refractivity contribution < 1.29 is 4.79 Å². The van der Waals surface area contributed by atoms with E-state index in [2.05, 4.69) is 0 Å². The first kappa shape index (κ1) is 15.1. The summed E-state index contributed by atoms with van der Waals surface area (Å²) >= 11 is 5.88. The molecule has 2 rings (SSSR count). The van der Waals surface area contributed by atoms with Gasteiger partial charge in [-0.1, -0.05) is 23.7 Å². The van der Waals surface area contributed by atoms with Gasteiger partial charge in [0, 0.05) is 17.6 Å². The molecule has 0 saturated carbocycles. The number of hydrogen-bond acceptors (Lipinski definition) is 2. The Morgan fingerprint density at radius 2 is 1.71 bits per heavy atom. The molecule has 1 atom stereocenters. The van der Waals surface area contributed by atoms with Gasteiger partial charge in [-0.25, -0.2) is 0 Å². The van der Waals surface area contributed by atoms with Gasteiger partial charge in [0.2, 0.25) is 0 Å². The number of benzene rings is 2. The van der Waals surface area contributed by atoms with E-state index in [0.29, 0.717) is 16.1 Å². The fraction of sp³-hybridized carbons (Fsp3) is 0.176. The lowest BCUT2D eigenvalue weighted by molar-refractivity contribution is 0.0742. The molecule has 0 heterocycles. The molecule has 0 saturated heterocycles. The van der Waals surface area contributed by atoms with E-state index in [1.54, 1.807) is 36.2 Å². The van der Waals surface area contributed by atoms with Crippen LogP contribution < -0.4 is 0 Å². The van der Waals surface area contributed by atoms with Crippen LogP contribution in [-0.4, -0.2) is 17.9 Å². The molecule has 21 heavy (non-hydrogen) atoms. The number of nitrogens with zero attached hydrogens (tertiary/aromatic N) is 2. The Kier molecular flexibility index (Phi) is 4.62. The van der Waals surface area contributed by atoms with Crippen molar-refractivity contribution >= 4 is 17.5 Å². The van der Waals surface area contributed by atoms with Gasteiger partial charge in [-0.05, 0) is 48.9 Å². The van der Waals surface area contributed by atoms with Gasteiger partial charge in [0.15, 0.2) is 0 Å². The molecule has 2 aromatic rings. The Morgan fingerprint density at radius 3 is 2.24 bits per heavy atom. The molecule has 1 amide bonds. The highest BCUT2D eigenvalue weighted by Gasteiger charge is 2.18. The maximum absolute atomic E-state index is 12.4. The molecule has 0 N–H and O–H groups in total. The number of nitriles is 1. The lowest BCUT2D eigenvalue weighted by atomic mass is 10.1. The fourth-order valence-electron chi connectivity index (χ4n) is 2.03. The van der Waals surface area contributed by atoms with Gasteiger partial charge in [-0.2, -0.15) is 5.26 Å². The predicted molar refractivity (Wildman–Crippen MR) is 83.1 cm³/mol. The lowest BCUT2D eigenvalue weighted by Crippen LogP contribution is -2.29. The summed E-state index contributed by atoms with van der Waals surface area (Å²) in [4.78, 5) is 14.1. The summed E-state index contributed by atoms with van der Waals surface area (Å²) < 4.78 is 0. The Labute approximate surface area is 129 Å². The molecular formula is C17H15ClN2O. The molecule has 2 aromatic carbocycles. The molecule has 4 heteroatoms. The molecule has 0 bridgehead atoms. The second kappa shape index (κ2) is 6.43. The van der Waals surface area contributed by atoms with Gasteiger partial charge in [0.05, 0.1) is 17.7 Å². The SMILES string of the molecule is CC(c1ccc(Cl)cc1)N(C)C(=O)c1ccc(C#N)cc1. The highest BCUT2D eigenvalue weighted by molar-refractivity contribution is 6.30. The van der Waals surface area contributed by atoms with Crippen molar-refractivity contribution in [1.29, 1.82) is 5.26 Å². The number of halogens is 1. The van der Waals surface area contributed by atoms with Crippen LogP contribution in [0.5, 0.6) is 0 Å². The van der Waals surface area contributed by atoms with E-state index >= 15 is 0 Å². The Balaban J connectivity index is 2.17. The van der Waals surface area contributed by atoms with Crippen molar-refractivity contribution in [3.8, 4) is 6.07 Å². The molecule has 106 valence electrons. The van der Waals surface area contributed by atoms with E-state index in [-0.39, 0.29) is 11.9 Å². The molecule has 0 aliphatic heterocycles. The molecule has 1 unspecified atom stereocenters. The largest absolute Gasteiger partial charge is 0.335 e. The van der Waals surface area contributed by atoms with Gasteiger partial charge < -0.3 is 4.90 Å². The monoisotopic (exact) mass is 298 g/mol. The first-order valence-electron chi connectivity index (χ1n) is 6.55. The predicted octanol–water partition coefficient (Wildman–Crippen LogP) is 4.04. The van der Waals surface area contributed by atoms with Crippen LogP contribution in [0.25, 0.3) is 0 Å². The lowest BCUT2D eigenvalue weighted by Gasteiger charge is -2.25. The number of carbonyl (C=O) groups is 1. The summed E-state index contributed by atoms with van der Waals surface area (Å²) in [6, 6.07) is 16.1. The highest BCUT2D eigenvalue weighted by Crippen LogP contribution is 2.22. The number of hydrogen-bond donors (Lipinski definition) is 0. The zero-order valence-corrected chi connectivity index (χ0v) is 12.6. The minimum absolute atomic E-state index is 0.0644. The number of amides is 1. The maximum Gasteiger partial charge on any atom is 0.254 e. The molecule has 3 nitrogen and oxygen atoms in total. The Bertz CT molecular complexity index is 671. The fourth-order valence-corrected chi connectivity index (χ4v) is 2.16. The van der Waals surface area contributed by atoms with Crippen LogP contribution in [0.2, 0.25) is 5.02 Å². The van der Waals surface area contributed by atoms with Crippen LogP contribution in [0, 0.1) is 11.3 Å². The first-order chi connectivity index (χ1) is 10.0. The highest BCUT2D eigenvalue weighted by atomic mass is 35.5. The third-order valence-corrected chi connectivity index (χ3v) is 3.77. The van der Waals surface area contributed by atoms with Crippen molar-refractivity contribution in [2.45, 2.75) is 13.0 Å². The summed E-state index contributed by atoms with van der Waals surface area (Å²) in [6.07, 6.45) is 0. The third-order valence-electron chi connectivity index (χ3n) is 3.51. The summed E-state index contributed by atoms with van der Waals surface area (Å²) in [7, 11) is 1.76. The average Bonchev–Trinajstić information content (AvgIpc) is 2.53. The smallest absolute Gasteiger partial charge is 0.254 e. The number of rotatable bonds is 3. The number of carbonyl (C=O) groups excluding carboxylic acids is 1. The molecule has 0 aliphatic rings. The molecule has 0 aliphatic carbocycles. The van der Waals surface area contributed by atoms with Gasteiger partial charge in [0.25, 0.3) is 5.91 Å². The van der Waals surface area contributed by atoms with Crippen molar-refractivity contribution in [2.24, 2.45) is 0 Å². The van der Waals surface area contributed by atoms with Crippen LogP contribution in [-0.2, 0) is 0 Å². The maximum atomic E-state index is 12.4. The first-order valence-corrected chi connectivity index (χ1v) is 6.93. The van der Waals surface area contributed by atoms with Crippen LogP contribution in [0.4, 0.5) is 0 Å². The molecular weight excluding hydrogens is 284 g/mol. The van der Waals surface area contributed by atoms with Gasteiger partial charge in [0.1, 0.15) is 0 Å².